The van der Waals surface area contributed by atoms with Crippen molar-refractivity contribution in [3.8, 4) is 0 Å². The van der Waals surface area contributed by atoms with Crippen LogP contribution in [0.25, 0.3) is 0 Å². The van der Waals surface area contributed by atoms with E-state index in [1.54, 1.807) is 24.3 Å². The summed E-state index contributed by atoms with van der Waals surface area (Å²) in [6.07, 6.45) is 0. The fourth-order valence-corrected chi connectivity index (χ4v) is 1.80. The fourth-order valence-electron chi connectivity index (χ4n) is 1.44. The third-order valence-corrected chi connectivity index (χ3v) is 2.88. The number of halogens is 1. The van der Waals surface area contributed by atoms with Gasteiger partial charge in [0, 0.05) is 16.3 Å². The first-order valence-corrected chi connectivity index (χ1v) is 6.12. The summed E-state index contributed by atoms with van der Waals surface area (Å²) < 4.78 is 0. The maximum absolute atomic E-state index is 12.0. The number of para-hydroxylation sites is 1. The number of thiocarbonyl (C=S) groups is 1. The number of carbonyl (C=O) groups is 1. The standard InChI is InChI=1S/C14H10ClNOS/c15-11-8-6-10(7-9-11)13(17)14(18)16-12-4-2-1-3-5-12/h1-9H,(H,16,18). The van der Waals surface area contributed by atoms with Gasteiger partial charge in [-0.3, -0.25) is 4.79 Å². The molecule has 2 aromatic carbocycles. The van der Waals surface area contributed by atoms with Gasteiger partial charge < -0.3 is 5.32 Å². The molecule has 90 valence electrons. The second-order valence-corrected chi connectivity index (χ2v) is 4.50. The molecule has 0 saturated carbocycles. The second kappa shape index (κ2) is 5.76. The Morgan fingerprint density at radius 1 is 1.00 bits per heavy atom. The van der Waals surface area contributed by atoms with E-state index in [1.165, 1.54) is 0 Å². The quantitative estimate of drug-likeness (QED) is 0.679. The van der Waals surface area contributed by atoms with Crippen LogP contribution >= 0.6 is 23.8 Å². The van der Waals surface area contributed by atoms with E-state index >= 15 is 0 Å². The molecule has 18 heavy (non-hydrogen) atoms. The largest absolute Gasteiger partial charge is 0.343 e. The SMILES string of the molecule is O=C(C(=S)Nc1ccccc1)c1ccc(Cl)cc1. The van der Waals surface area contributed by atoms with E-state index in [0.29, 0.717) is 10.6 Å². The van der Waals surface area contributed by atoms with Crippen molar-refractivity contribution in [1.82, 2.24) is 0 Å². The molecule has 2 nitrogen and oxygen atoms in total. The minimum absolute atomic E-state index is 0.170. The first-order chi connectivity index (χ1) is 8.66. The van der Waals surface area contributed by atoms with E-state index in [2.05, 4.69) is 5.32 Å². The van der Waals surface area contributed by atoms with Gasteiger partial charge in [-0.1, -0.05) is 42.0 Å². The third kappa shape index (κ3) is 3.15. The topological polar surface area (TPSA) is 29.1 Å². The number of Topliss-reactive ketones (excluding diaryl/α,β-unsaturated/α-hetero) is 1. The molecule has 4 heteroatoms. The van der Waals surface area contributed by atoms with Crippen LogP contribution in [0.15, 0.2) is 54.6 Å². The van der Waals surface area contributed by atoms with Gasteiger partial charge in [0.2, 0.25) is 5.78 Å². The van der Waals surface area contributed by atoms with Crippen LogP contribution in [0.4, 0.5) is 5.69 Å². The summed E-state index contributed by atoms with van der Waals surface area (Å²) in [5.74, 6) is -0.217. The number of anilines is 1. The molecule has 0 aliphatic carbocycles. The van der Waals surface area contributed by atoms with Crippen molar-refractivity contribution in [3.05, 3.63) is 65.2 Å². The van der Waals surface area contributed by atoms with Gasteiger partial charge in [-0.15, -0.1) is 0 Å². The summed E-state index contributed by atoms with van der Waals surface area (Å²) in [6.45, 7) is 0. The van der Waals surface area contributed by atoms with E-state index in [4.69, 9.17) is 23.8 Å². The van der Waals surface area contributed by atoms with E-state index in [1.807, 2.05) is 30.3 Å². The minimum atomic E-state index is -0.217. The van der Waals surface area contributed by atoms with E-state index in [-0.39, 0.29) is 10.8 Å². The molecule has 0 heterocycles. The lowest BCUT2D eigenvalue weighted by Gasteiger charge is -2.06. The summed E-state index contributed by atoms with van der Waals surface area (Å²) in [7, 11) is 0. The molecule has 1 N–H and O–H groups in total. The maximum Gasteiger partial charge on any atom is 0.220 e. The highest BCUT2D eigenvalue weighted by atomic mass is 35.5. The van der Waals surface area contributed by atoms with Crippen LogP contribution in [-0.4, -0.2) is 10.8 Å². The molecular formula is C14H10ClNOS. The van der Waals surface area contributed by atoms with Crippen molar-refractivity contribution in [2.75, 3.05) is 5.32 Å². The van der Waals surface area contributed by atoms with Gasteiger partial charge in [0.05, 0.1) is 0 Å². The Hall–Kier alpha value is -1.71. The van der Waals surface area contributed by atoms with E-state index in [9.17, 15) is 4.79 Å². The van der Waals surface area contributed by atoms with Crippen molar-refractivity contribution in [1.29, 1.82) is 0 Å². The Labute approximate surface area is 116 Å². The Bertz CT molecular complexity index is 566. The predicted molar refractivity (Wildman–Crippen MR) is 78.4 cm³/mol. The van der Waals surface area contributed by atoms with Crippen LogP contribution in [-0.2, 0) is 0 Å². The highest BCUT2D eigenvalue weighted by Crippen LogP contribution is 2.12. The molecule has 2 aromatic rings. The summed E-state index contributed by atoms with van der Waals surface area (Å²) in [5.41, 5.74) is 1.32. The average Bonchev–Trinajstić information content (AvgIpc) is 2.40. The Morgan fingerprint density at radius 2 is 1.61 bits per heavy atom. The van der Waals surface area contributed by atoms with Crippen LogP contribution in [0.3, 0.4) is 0 Å². The van der Waals surface area contributed by atoms with Crippen LogP contribution in [0, 0.1) is 0 Å². The lowest BCUT2D eigenvalue weighted by Crippen LogP contribution is -2.20. The molecule has 0 unspecified atom stereocenters. The number of benzene rings is 2. The second-order valence-electron chi connectivity index (χ2n) is 3.66. The number of ketones is 1. The molecule has 0 atom stereocenters. The molecule has 0 radical (unpaired) electrons. The minimum Gasteiger partial charge on any atom is -0.343 e. The van der Waals surface area contributed by atoms with Crippen molar-refractivity contribution in [3.63, 3.8) is 0 Å². The van der Waals surface area contributed by atoms with Crippen LogP contribution in [0.5, 0.6) is 0 Å². The zero-order chi connectivity index (χ0) is 13.0. The van der Waals surface area contributed by atoms with E-state index in [0.717, 1.165) is 5.69 Å². The fraction of sp³-hybridized carbons (Fsp3) is 0. The molecular weight excluding hydrogens is 266 g/mol. The molecule has 0 bridgehead atoms. The van der Waals surface area contributed by atoms with Crippen molar-refractivity contribution < 1.29 is 4.79 Å². The van der Waals surface area contributed by atoms with Gasteiger partial charge in [0.15, 0.2) is 4.99 Å². The Kier molecular flexibility index (Phi) is 4.07. The van der Waals surface area contributed by atoms with Crippen molar-refractivity contribution in [2.45, 2.75) is 0 Å². The first-order valence-electron chi connectivity index (χ1n) is 5.33. The average molecular weight is 276 g/mol. The van der Waals surface area contributed by atoms with E-state index < -0.39 is 0 Å². The predicted octanol–water partition coefficient (Wildman–Crippen LogP) is 3.96. The highest BCUT2D eigenvalue weighted by Gasteiger charge is 2.11. The zero-order valence-corrected chi connectivity index (χ0v) is 11.0. The third-order valence-electron chi connectivity index (χ3n) is 2.34. The van der Waals surface area contributed by atoms with Gasteiger partial charge in [0.25, 0.3) is 0 Å². The number of rotatable bonds is 3. The summed E-state index contributed by atoms with van der Waals surface area (Å²) >= 11 is 10.8. The van der Waals surface area contributed by atoms with Crippen molar-refractivity contribution in [2.24, 2.45) is 0 Å². The normalized spacial score (nSPS) is 9.83. The summed E-state index contributed by atoms with van der Waals surface area (Å²) in [6, 6.07) is 16.0. The molecule has 0 aromatic heterocycles. The smallest absolute Gasteiger partial charge is 0.220 e. The van der Waals surface area contributed by atoms with Gasteiger partial charge >= 0.3 is 0 Å². The molecule has 0 aliphatic heterocycles. The Balaban J connectivity index is 2.10. The number of hydrogen-bond acceptors (Lipinski definition) is 2. The van der Waals surface area contributed by atoms with Gasteiger partial charge in [-0.05, 0) is 36.4 Å². The van der Waals surface area contributed by atoms with Gasteiger partial charge in [-0.2, -0.15) is 0 Å². The first kappa shape index (κ1) is 12.7. The lowest BCUT2D eigenvalue weighted by molar-refractivity contribution is 0.106. The molecule has 0 aliphatic rings. The highest BCUT2D eigenvalue weighted by molar-refractivity contribution is 7.82. The number of hydrogen-bond donors (Lipinski definition) is 1. The zero-order valence-electron chi connectivity index (χ0n) is 9.39. The monoisotopic (exact) mass is 275 g/mol. The molecule has 0 saturated heterocycles. The lowest BCUT2D eigenvalue weighted by atomic mass is 10.1. The molecule has 0 spiro atoms. The molecule has 0 amide bonds. The Morgan fingerprint density at radius 3 is 2.22 bits per heavy atom. The molecule has 2 rings (SSSR count). The maximum atomic E-state index is 12.0. The van der Waals surface area contributed by atoms with Crippen LogP contribution in [0.2, 0.25) is 5.02 Å². The van der Waals surface area contributed by atoms with Crippen LogP contribution < -0.4 is 5.32 Å². The number of carbonyl (C=O) groups excluding carboxylic acids is 1. The van der Waals surface area contributed by atoms with Crippen LogP contribution in [0.1, 0.15) is 10.4 Å². The molecule has 0 fully saturated rings. The summed E-state index contributed by atoms with van der Waals surface area (Å²) in [5, 5.41) is 3.49. The number of nitrogens with one attached hydrogen (secondary N) is 1. The van der Waals surface area contributed by atoms with Crippen molar-refractivity contribution >= 4 is 40.3 Å². The van der Waals surface area contributed by atoms with Gasteiger partial charge in [-0.25, -0.2) is 0 Å². The van der Waals surface area contributed by atoms with Gasteiger partial charge in [0.1, 0.15) is 0 Å². The summed E-state index contributed by atoms with van der Waals surface area (Å²) in [4.78, 5) is 12.2.